The van der Waals surface area contributed by atoms with Gasteiger partial charge in [0.1, 0.15) is 0 Å². The van der Waals surface area contributed by atoms with Crippen molar-refractivity contribution < 1.29 is 4.74 Å². The Morgan fingerprint density at radius 1 is 1.31 bits per heavy atom. The highest BCUT2D eigenvalue weighted by Gasteiger charge is 2.58. The summed E-state index contributed by atoms with van der Waals surface area (Å²) in [5.41, 5.74) is 0.513. The SMILES string of the molecule is CCOC1CC(NC(C)C(C)C)C12CCC2. The van der Waals surface area contributed by atoms with Crippen LogP contribution in [0.25, 0.3) is 0 Å². The fourth-order valence-electron chi connectivity index (χ4n) is 3.18. The van der Waals surface area contributed by atoms with Crippen molar-refractivity contribution in [1.29, 1.82) is 0 Å². The Kier molecular flexibility index (Phi) is 3.60. The van der Waals surface area contributed by atoms with E-state index in [9.17, 15) is 0 Å². The zero-order valence-corrected chi connectivity index (χ0v) is 11.3. The molecule has 2 aliphatic carbocycles. The van der Waals surface area contributed by atoms with Crippen LogP contribution in [0.1, 0.15) is 53.4 Å². The molecule has 1 N–H and O–H groups in total. The van der Waals surface area contributed by atoms with Crippen LogP contribution in [0.2, 0.25) is 0 Å². The molecular weight excluding hydrogens is 198 g/mol. The quantitative estimate of drug-likeness (QED) is 0.776. The van der Waals surface area contributed by atoms with Crippen molar-refractivity contribution in [2.45, 2.75) is 71.6 Å². The molecule has 1 spiro atoms. The second-order valence-corrected chi connectivity index (χ2v) is 6.02. The summed E-state index contributed by atoms with van der Waals surface area (Å²) in [6.07, 6.45) is 5.92. The van der Waals surface area contributed by atoms with E-state index in [0.717, 1.165) is 18.6 Å². The van der Waals surface area contributed by atoms with Crippen LogP contribution in [0.4, 0.5) is 0 Å². The fraction of sp³-hybridized carbons (Fsp3) is 1.00. The zero-order valence-electron chi connectivity index (χ0n) is 11.3. The van der Waals surface area contributed by atoms with E-state index in [1.54, 1.807) is 0 Å². The summed E-state index contributed by atoms with van der Waals surface area (Å²) in [5.74, 6) is 0.725. The minimum atomic E-state index is 0.513. The predicted octanol–water partition coefficient (Wildman–Crippen LogP) is 2.97. The molecule has 0 bridgehead atoms. The first-order chi connectivity index (χ1) is 7.60. The summed E-state index contributed by atoms with van der Waals surface area (Å²) in [7, 11) is 0. The second kappa shape index (κ2) is 4.66. The van der Waals surface area contributed by atoms with E-state index in [2.05, 4.69) is 33.0 Å². The first-order valence-corrected chi connectivity index (χ1v) is 6.98. The summed E-state index contributed by atoms with van der Waals surface area (Å²) in [6, 6.07) is 1.35. The van der Waals surface area contributed by atoms with Crippen LogP contribution >= 0.6 is 0 Å². The summed E-state index contributed by atoms with van der Waals surface area (Å²) >= 11 is 0. The van der Waals surface area contributed by atoms with E-state index >= 15 is 0 Å². The van der Waals surface area contributed by atoms with Crippen molar-refractivity contribution in [1.82, 2.24) is 5.32 Å². The summed E-state index contributed by atoms with van der Waals surface area (Å²) in [4.78, 5) is 0. The Hall–Kier alpha value is -0.0800. The van der Waals surface area contributed by atoms with Gasteiger partial charge in [0.2, 0.25) is 0 Å². The zero-order chi connectivity index (χ0) is 11.8. The molecule has 0 aromatic heterocycles. The number of hydrogen-bond donors (Lipinski definition) is 1. The highest BCUT2D eigenvalue weighted by atomic mass is 16.5. The molecule has 2 fully saturated rings. The molecule has 0 radical (unpaired) electrons. The lowest BCUT2D eigenvalue weighted by molar-refractivity contribution is -0.175. The van der Waals surface area contributed by atoms with Gasteiger partial charge in [-0.15, -0.1) is 0 Å². The van der Waals surface area contributed by atoms with E-state index in [1.807, 2.05) is 0 Å². The summed E-state index contributed by atoms with van der Waals surface area (Å²) in [5, 5.41) is 3.82. The molecule has 3 atom stereocenters. The third kappa shape index (κ3) is 1.91. The van der Waals surface area contributed by atoms with Crippen LogP contribution in [0, 0.1) is 11.3 Å². The molecule has 0 amide bonds. The second-order valence-electron chi connectivity index (χ2n) is 6.02. The minimum Gasteiger partial charge on any atom is -0.378 e. The van der Waals surface area contributed by atoms with Gasteiger partial charge in [-0.25, -0.2) is 0 Å². The lowest BCUT2D eigenvalue weighted by Gasteiger charge is -2.62. The third-order valence-electron chi connectivity index (χ3n) is 4.90. The normalized spacial score (nSPS) is 33.6. The molecule has 3 unspecified atom stereocenters. The number of rotatable bonds is 5. The van der Waals surface area contributed by atoms with Gasteiger partial charge in [0.05, 0.1) is 6.10 Å². The molecule has 0 saturated heterocycles. The van der Waals surface area contributed by atoms with E-state index in [4.69, 9.17) is 4.74 Å². The van der Waals surface area contributed by atoms with Crippen molar-refractivity contribution in [3.05, 3.63) is 0 Å². The van der Waals surface area contributed by atoms with Crippen molar-refractivity contribution in [3.63, 3.8) is 0 Å². The molecule has 16 heavy (non-hydrogen) atoms. The lowest BCUT2D eigenvalue weighted by atomic mass is 9.51. The lowest BCUT2D eigenvalue weighted by Crippen LogP contribution is -2.68. The maximum atomic E-state index is 5.87. The Morgan fingerprint density at radius 3 is 2.44 bits per heavy atom. The van der Waals surface area contributed by atoms with Gasteiger partial charge in [-0.05, 0) is 39.0 Å². The van der Waals surface area contributed by atoms with E-state index in [1.165, 1.54) is 25.7 Å². The molecule has 2 saturated carbocycles. The summed E-state index contributed by atoms with van der Waals surface area (Å²) < 4.78 is 5.87. The fourth-order valence-corrected chi connectivity index (χ4v) is 3.18. The highest BCUT2D eigenvalue weighted by molar-refractivity contribution is 5.12. The van der Waals surface area contributed by atoms with Crippen LogP contribution in [-0.2, 0) is 4.74 Å². The highest BCUT2D eigenvalue weighted by Crippen LogP contribution is 2.57. The van der Waals surface area contributed by atoms with E-state index in [-0.39, 0.29) is 0 Å². The Bertz CT molecular complexity index is 235. The molecule has 2 heteroatoms. The third-order valence-corrected chi connectivity index (χ3v) is 4.90. The van der Waals surface area contributed by atoms with Gasteiger partial charge in [0.25, 0.3) is 0 Å². The topological polar surface area (TPSA) is 21.3 Å². The largest absolute Gasteiger partial charge is 0.378 e. The number of ether oxygens (including phenoxy) is 1. The van der Waals surface area contributed by atoms with Crippen molar-refractivity contribution in [2.24, 2.45) is 11.3 Å². The number of hydrogen-bond acceptors (Lipinski definition) is 2. The van der Waals surface area contributed by atoms with Crippen LogP contribution < -0.4 is 5.32 Å². The molecule has 0 aromatic rings. The van der Waals surface area contributed by atoms with E-state index < -0.39 is 0 Å². The van der Waals surface area contributed by atoms with Crippen LogP contribution in [0.3, 0.4) is 0 Å². The minimum absolute atomic E-state index is 0.513. The van der Waals surface area contributed by atoms with Gasteiger partial charge in [0.15, 0.2) is 0 Å². The van der Waals surface area contributed by atoms with Gasteiger partial charge in [-0.3, -0.25) is 0 Å². The van der Waals surface area contributed by atoms with Crippen LogP contribution in [0.5, 0.6) is 0 Å². The molecule has 2 rings (SSSR count). The van der Waals surface area contributed by atoms with Gasteiger partial charge in [-0.2, -0.15) is 0 Å². The molecule has 2 aliphatic rings. The monoisotopic (exact) mass is 225 g/mol. The smallest absolute Gasteiger partial charge is 0.0661 e. The van der Waals surface area contributed by atoms with Crippen LogP contribution in [-0.4, -0.2) is 24.8 Å². The maximum absolute atomic E-state index is 5.87. The maximum Gasteiger partial charge on any atom is 0.0661 e. The molecule has 0 aliphatic heterocycles. The Labute approximate surface area is 100 Å². The standard InChI is InChI=1S/C14H27NO/c1-5-16-13-9-12(14(13)7-6-8-14)15-11(4)10(2)3/h10-13,15H,5-9H2,1-4H3. The van der Waals surface area contributed by atoms with Gasteiger partial charge >= 0.3 is 0 Å². The molecule has 2 nitrogen and oxygen atoms in total. The molecule has 94 valence electrons. The molecule has 0 heterocycles. The average Bonchev–Trinajstić information content (AvgIpc) is 2.12. The van der Waals surface area contributed by atoms with Gasteiger partial charge in [-0.1, -0.05) is 20.3 Å². The Morgan fingerprint density at radius 2 is 2.00 bits per heavy atom. The number of nitrogens with one attached hydrogen (secondary N) is 1. The van der Waals surface area contributed by atoms with Crippen LogP contribution in [0.15, 0.2) is 0 Å². The first-order valence-electron chi connectivity index (χ1n) is 6.98. The van der Waals surface area contributed by atoms with Gasteiger partial charge < -0.3 is 10.1 Å². The summed E-state index contributed by atoms with van der Waals surface area (Å²) in [6.45, 7) is 9.89. The van der Waals surface area contributed by atoms with E-state index in [0.29, 0.717) is 17.6 Å². The van der Waals surface area contributed by atoms with Crippen molar-refractivity contribution in [3.8, 4) is 0 Å². The van der Waals surface area contributed by atoms with Crippen molar-refractivity contribution in [2.75, 3.05) is 6.61 Å². The van der Waals surface area contributed by atoms with Crippen molar-refractivity contribution >= 4 is 0 Å². The first kappa shape index (κ1) is 12.4. The molecular formula is C14H27NO. The predicted molar refractivity (Wildman–Crippen MR) is 67.5 cm³/mol. The van der Waals surface area contributed by atoms with Gasteiger partial charge in [0, 0.05) is 24.1 Å². The Balaban J connectivity index is 1.88. The molecule has 0 aromatic carbocycles. The average molecular weight is 225 g/mol.